The van der Waals surface area contributed by atoms with Crippen LogP contribution in [0.2, 0.25) is 0 Å². The monoisotopic (exact) mass is 635 g/mol. The quantitative estimate of drug-likeness (QED) is 0.246. The van der Waals surface area contributed by atoms with E-state index in [2.05, 4.69) is 38.8 Å². The summed E-state index contributed by atoms with van der Waals surface area (Å²) in [5.74, 6) is -1.89. The van der Waals surface area contributed by atoms with Crippen LogP contribution in [0, 0.1) is 0 Å². The smallest absolute Gasteiger partial charge is 0.326 e. The van der Waals surface area contributed by atoms with Crippen LogP contribution in [-0.4, -0.2) is 57.2 Å². The molecule has 0 saturated carbocycles. The van der Waals surface area contributed by atoms with Gasteiger partial charge in [0.1, 0.15) is 18.6 Å². The number of amides is 4. The highest BCUT2D eigenvalue weighted by atomic mass is 79.9. The molecule has 0 radical (unpaired) electrons. The van der Waals surface area contributed by atoms with Crippen LogP contribution in [0.15, 0.2) is 53.0 Å². The molecule has 3 rings (SSSR count). The van der Waals surface area contributed by atoms with E-state index in [0.717, 1.165) is 29.1 Å². The molecule has 216 valence electrons. The number of hydrogen-bond donors (Lipinski definition) is 4. The maximum Gasteiger partial charge on any atom is 0.326 e. The van der Waals surface area contributed by atoms with Gasteiger partial charge in [-0.05, 0) is 45.6 Å². The van der Waals surface area contributed by atoms with Gasteiger partial charge in [-0.1, -0.05) is 56.2 Å². The molecule has 4 amide bonds. The lowest BCUT2D eigenvalue weighted by Gasteiger charge is -2.24. The van der Waals surface area contributed by atoms with Crippen molar-refractivity contribution in [2.75, 3.05) is 17.4 Å². The van der Waals surface area contributed by atoms with Crippen LogP contribution in [0.4, 0.5) is 5.69 Å². The summed E-state index contributed by atoms with van der Waals surface area (Å²) >= 11 is 3.37. The molecule has 11 nitrogen and oxygen atoms in total. The molecular weight excluding hydrogens is 602 g/mol. The van der Waals surface area contributed by atoms with Crippen LogP contribution in [0.3, 0.4) is 0 Å². The average Bonchev–Trinajstić information content (AvgIpc) is 3.17. The van der Waals surface area contributed by atoms with E-state index in [1.807, 2.05) is 35.1 Å². The predicted molar refractivity (Wildman–Crippen MR) is 154 cm³/mol. The molecule has 1 saturated heterocycles. The van der Waals surface area contributed by atoms with E-state index in [9.17, 15) is 27.6 Å². The fourth-order valence-electron chi connectivity index (χ4n) is 4.27. The third kappa shape index (κ3) is 8.78. The van der Waals surface area contributed by atoms with Crippen molar-refractivity contribution in [1.29, 1.82) is 0 Å². The zero-order valence-corrected chi connectivity index (χ0v) is 24.8. The highest BCUT2D eigenvalue weighted by Crippen LogP contribution is 2.30. The van der Waals surface area contributed by atoms with Gasteiger partial charge in [0, 0.05) is 30.8 Å². The fraction of sp³-hybridized carbons (Fsp3) is 0.407. The molecule has 2 atom stereocenters. The van der Waals surface area contributed by atoms with E-state index in [0.29, 0.717) is 16.6 Å². The molecule has 0 spiro atoms. The van der Waals surface area contributed by atoms with Crippen LogP contribution >= 0.6 is 15.9 Å². The fourth-order valence-corrected chi connectivity index (χ4v) is 6.20. The topological polar surface area (TPSA) is 154 Å². The van der Waals surface area contributed by atoms with E-state index in [-0.39, 0.29) is 36.9 Å². The Morgan fingerprint density at radius 3 is 2.25 bits per heavy atom. The number of carbonyl (C=O) groups excluding carboxylic acids is 4. The second-order valence-corrected chi connectivity index (χ2v) is 12.0. The number of rotatable bonds is 13. The van der Waals surface area contributed by atoms with Gasteiger partial charge in [-0.2, -0.15) is 8.42 Å². The van der Waals surface area contributed by atoms with Crippen LogP contribution in [-0.2, 0) is 42.2 Å². The number of benzene rings is 2. The Bertz CT molecular complexity index is 1340. The summed E-state index contributed by atoms with van der Waals surface area (Å²) in [4.78, 5) is 50.0. The van der Waals surface area contributed by atoms with Crippen LogP contribution in [0.25, 0.3) is 0 Å². The molecule has 0 bridgehead atoms. The van der Waals surface area contributed by atoms with Gasteiger partial charge in [0.05, 0.1) is 5.69 Å². The lowest BCUT2D eigenvalue weighted by atomic mass is 10.0. The van der Waals surface area contributed by atoms with Crippen molar-refractivity contribution in [3.8, 4) is 0 Å². The van der Waals surface area contributed by atoms with Crippen molar-refractivity contribution in [3.05, 3.63) is 64.1 Å². The molecule has 2 aromatic rings. The van der Waals surface area contributed by atoms with Gasteiger partial charge in [-0.15, -0.1) is 0 Å². The van der Waals surface area contributed by atoms with E-state index in [1.165, 1.54) is 13.0 Å². The van der Waals surface area contributed by atoms with Gasteiger partial charge in [-0.3, -0.25) is 19.2 Å². The summed E-state index contributed by atoms with van der Waals surface area (Å²) in [5.41, 5.74) is 1.75. The number of nitrogens with zero attached hydrogens (tertiary/aromatic N) is 1. The molecule has 4 N–H and O–H groups in total. The van der Waals surface area contributed by atoms with Crippen molar-refractivity contribution in [2.24, 2.45) is 0 Å². The van der Waals surface area contributed by atoms with Gasteiger partial charge in [0.25, 0.3) is 5.91 Å². The van der Waals surface area contributed by atoms with Gasteiger partial charge in [-0.25, -0.2) is 9.03 Å². The molecule has 13 heteroatoms. The maximum absolute atomic E-state index is 13.3. The lowest BCUT2D eigenvalue weighted by Crippen LogP contribution is -2.55. The first-order valence-electron chi connectivity index (χ1n) is 13.0. The Morgan fingerprint density at radius 1 is 0.975 bits per heavy atom. The first-order chi connectivity index (χ1) is 19.0. The first kappa shape index (κ1) is 31.1. The predicted octanol–water partition coefficient (Wildman–Crippen LogP) is 1.71. The number of unbranched alkanes of at least 4 members (excludes halogenated alkanes) is 2. The minimum atomic E-state index is -3.99. The summed E-state index contributed by atoms with van der Waals surface area (Å²) < 4.78 is 27.8. The number of halogens is 1. The van der Waals surface area contributed by atoms with Crippen molar-refractivity contribution >= 4 is 55.5 Å². The third-order valence-electron chi connectivity index (χ3n) is 6.23. The summed E-state index contributed by atoms with van der Waals surface area (Å²) in [6.07, 6.45) is 3.08. The summed E-state index contributed by atoms with van der Waals surface area (Å²) in [5, 5.41) is 8.34. The Kier molecular flexibility index (Phi) is 11.1. The minimum Gasteiger partial charge on any atom is -0.354 e. The standard InChI is InChI=1S/C27H34BrN5O6S/c1-3-4-8-13-29-26(36)22(31-27(37)23(30-18(2)34)15-19-9-6-5-7-10-19)16-20-11-12-24(21(28)14-20)33-17-25(35)32-40(33,38)39/h5-7,9-12,14,22-23H,3-4,8,13,15-17H2,1-2H3,(H,29,36)(H,30,34)(H,31,37)(H,32,35)/t22-,23-/m0/s1. The molecule has 1 aliphatic heterocycles. The highest BCUT2D eigenvalue weighted by molar-refractivity contribution is 9.10. The second-order valence-electron chi connectivity index (χ2n) is 9.53. The molecule has 40 heavy (non-hydrogen) atoms. The highest BCUT2D eigenvalue weighted by Gasteiger charge is 2.35. The zero-order valence-electron chi connectivity index (χ0n) is 22.4. The number of nitrogens with one attached hydrogen (secondary N) is 4. The van der Waals surface area contributed by atoms with Gasteiger partial charge >= 0.3 is 10.2 Å². The Labute approximate surface area is 242 Å². The van der Waals surface area contributed by atoms with Gasteiger partial charge in [0.2, 0.25) is 17.7 Å². The van der Waals surface area contributed by atoms with E-state index >= 15 is 0 Å². The first-order valence-corrected chi connectivity index (χ1v) is 15.2. The van der Waals surface area contributed by atoms with Crippen LogP contribution in [0.5, 0.6) is 0 Å². The summed E-state index contributed by atoms with van der Waals surface area (Å²) in [6, 6.07) is 12.2. The summed E-state index contributed by atoms with van der Waals surface area (Å²) in [6.45, 7) is 3.49. The van der Waals surface area contributed by atoms with Crippen molar-refractivity contribution < 1.29 is 27.6 Å². The van der Waals surface area contributed by atoms with Gasteiger partial charge < -0.3 is 16.0 Å². The summed E-state index contributed by atoms with van der Waals surface area (Å²) in [7, 11) is -3.99. The molecule has 1 fully saturated rings. The van der Waals surface area contributed by atoms with Crippen molar-refractivity contribution in [2.45, 2.75) is 58.0 Å². The lowest BCUT2D eigenvalue weighted by molar-refractivity contribution is -0.131. The Balaban J connectivity index is 1.81. The number of anilines is 1. The molecule has 0 aromatic heterocycles. The second kappa shape index (κ2) is 14.3. The largest absolute Gasteiger partial charge is 0.354 e. The van der Waals surface area contributed by atoms with Crippen LogP contribution < -0.4 is 25.0 Å². The molecule has 1 aliphatic rings. The SMILES string of the molecule is CCCCCNC(=O)[C@H](Cc1ccc(N2CC(=O)NS2(=O)=O)c(Br)c1)NC(=O)[C@H](Cc1ccccc1)NC(C)=O. The van der Waals surface area contributed by atoms with E-state index in [1.54, 1.807) is 12.1 Å². The van der Waals surface area contributed by atoms with Crippen LogP contribution in [0.1, 0.15) is 44.2 Å². The average molecular weight is 637 g/mol. The van der Waals surface area contributed by atoms with E-state index in [4.69, 9.17) is 0 Å². The molecular formula is C27H34BrN5O6S. The molecule has 1 heterocycles. The zero-order chi connectivity index (χ0) is 29.3. The minimum absolute atomic E-state index is 0.103. The Morgan fingerprint density at radius 2 is 1.65 bits per heavy atom. The Hall–Kier alpha value is -3.45. The molecule has 0 aliphatic carbocycles. The normalized spacial score (nSPS) is 15.6. The maximum atomic E-state index is 13.3. The van der Waals surface area contributed by atoms with E-state index < -0.39 is 34.1 Å². The van der Waals surface area contributed by atoms with Gasteiger partial charge in [0.15, 0.2) is 0 Å². The molecule has 0 unspecified atom stereocenters. The number of carbonyl (C=O) groups is 4. The van der Waals surface area contributed by atoms with Crippen molar-refractivity contribution in [3.63, 3.8) is 0 Å². The molecule has 2 aromatic carbocycles. The third-order valence-corrected chi connectivity index (χ3v) is 8.26. The van der Waals surface area contributed by atoms with Crippen molar-refractivity contribution in [1.82, 2.24) is 20.7 Å². The number of hydrogen-bond acceptors (Lipinski definition) is 6.